The van der Waals surface area contributed by atoms with Crippen molar-refractivity contribution in [1.82, 2.24) is 10.2 Å². The lowest BCUT2D eigenvalue weighted by Gasteiger charge is -2.36. The molecule has 0 spiro atoms. The van der Waals surface area contributed by atoms with Crippen molar-refractivity contribution in [3.63, 3.8) is 0 Å². The Morgan fingerprint density at radius 2 is 1.83 bits per heavy atom. The normalized spacial score (nSPS) is 27.3. The van der Waals surface area contributed by atoms with E-state index in [1.54, 1.807) is 0 Å². The lowest BCUT2D eigenvalue weighted by atomic mass is 9.92. The van der Waals surface area contributed by atoms with Crippen LogP contribution in [0.4, 0.5) is 13.2 Å². The molecule has 0 aromatic carbocycles. The zero-order chi connectivity index (χ0) is 13.2. The van der Waals surface area contributed by atoms with Gasteiger partial charge in [0.1, 0.15) is 0 Å². The highest BCUT2D eigenvalue weighted by atomic mass is 19.4. The number of nitrogens with zero attached hydrogens (tertiary/aromatic N) is 1. The van der Waals surface area contributed by atoms with Crippen molar-refractivity contribution in [3.05, 3.63) is 0 Å². The third-order valence-corrected chi connectivity index (χ3v) is 3.88. The number of carbonyl (C=O) groups is 1. The minimum absolute atomic E-state index is 0.0783. The Balaban J connectivity index is 1.93. The molecule has 0 aromatic heterocycles. The Labute approximate surface area is 105 Å². The topological polar surface area (TPSA) is 32.3 Å². The predicted molar refractivity (Wildman–Crippen MR) is 61.0 cm³/mol. The molecule has 0 bridgehead atoms. The summed E-state index contributed by atoms with van der Waals surface area (Å²) in [4.78, 5) is 13.6. The number of amides is 1. The van der Waals surface area contributed by atoms with Crippen LogP contribution < -0.4 is 5.32 Å². The van der Waals surface area contributed by atoms with Gasteiger partial charge in [0.05, 0.1) is 5.92 Å². The van der Waals surface area contributed by atoms with E-state index in [2.05, 4.69) is 5.32 Å². The molecule has 1 unspecified atom stereocenters. The molecule has 0 aliphatic carbocycles. The second-order valence-corrected chi connectivity index (χ2v) is 5.19. The van der Waals surface area contributed by atoms with E-state index in [4.69, 9.17) is 0 Å². The first kappa shape index (κ1) is 13.6. The van der Waals surface area contributed by atoms with Gasteiger partial charge in [-0.05, 0) is 38.8 Å². The monoisotopic (exact) mass is 264 g/mol. The van der Waals surface area contributed by atoms with Gasteiger partial charge < -0.3 is 10.2 Å². The molecule has 2 aliphatic rings. The van der Waals surface area contributed by atoms with E-state index >= 15 is 0 Å². The number of halogens is 3. The first-order valence-corrected chi connectivity index (χ1v) is 6.54. The van der Waals surface area contributed by atoms with Crippen LogP contribution in [0.2, 0.25) is 0 Å². The SMILES string of the molecule is O=C(C1CCNCC1)N1CCCC(C(F)(F)F)C1. The molecule has 1 amide bonds. The van der Waals surface area contributed by atoms with E-state index < -0.39 is 12.1 Å². The standard InChI is InChI=1S/C12H19F3N2O/c13-12(14,15)10-2-1-7-17(8-10)11(18)9-3-5-16-6-4-9/h9-10,16H,1-8H2. The van der Waals surface area contributed by atoms with Crippen molar-refractivity contribution in [2.75, 3.05) is 26.2 Å². The Hall–Kier alpha value is -0.780. The molecular formula is C12H19F3N2O. The van der Waals surface area contributed by atoms with E-state index in [-0.39, 0.29) is 24.8 Å². The van der Waals surface area contributed by atoms with E-state index in [1.165, 1.54) is 4.90 Å². The summed E-state index contributed by atoms with van der Waals surface area (Å²) in [5.74, 6) is -1.50. The summed E-state index contributed by atoms with van der Waals surface area (Å²) in [5, 5.41) is 3.15. The number of carbonyl (C=O) groups excluding carboxylic acids is 1. The van der Waals surface area contributed by atoms with Gasteiger partial charge in [0.15, 0.2) is 0 Å². The van der Waals surface area contributed by atoms with Gasteiger partial charge in [0.25, 0.3) is 0 Å². The van der Waals surface area contributed by atoms with Crippen LogP contribution in [0.25, 0.3) is 0 Å². The zero-order valence-corrected chi connectivity index (χ0v) is 10.3. The molecule has 18 heavy (non-hydrogen) atoms. The van der Waals surface area contributed by atoms with Crippen molar-refractivity contribution >= 4 is 5.91 Å². The quantitative estimate of drug-likeness (QED) is 0.783. The lowest BCUT2D eigenvalue weighted by Crippen LogP contribution is -2.48. The maximum Gasteiger partial charge on any atom is 0.393 e. The summed E-state index contributed by atoms with van der Waals surface area (Å²) >= 11 is 0. The molecule has 2 rings (SSSR count). The molecule has 6 heteroatoms. The summed E-state index contributed by atoms with van der Waals surface area (Å²) in [6.45, 7) is 1.90. The summed E-state index contributed by atoms with van der Waals surface area (Å²) in [6, 6.07) is 0. The van der Waals surface area contributed by atoms with E-state index in [0.717, 1.165) is 25.9 Å². The van der Waals surface area contributed by atoms with Gasteiger partial charge in [0.2, 0.25) is 5.91 Å². The number of likely N-dealkylation sites (tertiary alicyclic amines) is 1. The van der Waals surface area contributed by atoms with E-state index in [0.29, 0.717) is 13.0 Å². The highest BCUT2D eigenvalue weighted by Gasteiger charge is 2.43. The van der Waals surface area contributed by atoms with Gasteiger partial charge in [-0.2, -0.15) is 13.2 Å². The van der Waals surface area contributed by atoms with Gasteiger partial charge in [-0.15, -0.1) is 0 Å². The van der Waals surface area contributed by atoms with Gasteiger partial charge >= 0.3 is 6.18 Å². The molecule has 0 radical (unpaired) electrons. The molecule has 2 heterocycles. The molecule has 2 fully saturated rings. The van der Waals surface area contributed by atoms with Crippen LogP contribution in [0, 0.1) is 11.8 Å². The second kappa shape index (κ2) is 5.47. The largest absolute Gasteiger partial charge is 0.393 e. The molecular weight excluding hydrogens is 245 g/mol. The average molecular weight is 264 g/mol. The van der Waals surface area contributed by atoms with Crippen molar-refractivity contribution in [3.8, 4) is 0 Å². The Bertz CT molecular complexity index is 300. The number of rotatable bonds is 1. The Morgan fingerprint density at radius 3 is 2.44 bits per heavy atom. The van der Waals surface area contributed by atoms with E-state index in [9.17, 15) is 18.0 Å². The summed E-state index contributed by atoms with van der Waals surface area (Å²) in [6.07, 6.45) is -2.08. The fourth-order valence-corrected chi connectivity index (χ4v) is 2.77. The fraction of sp³-hybridized carbons (Fsp3) is 0.917. The fourth-order valence-electron chi connectivity index (χ4n) is 2.77. The molecule has 1 N–H and O–H groups in total. The van der Waals surface area contributed by atoms with Crippen LogP contribution in [0.1, 0.15) is 25.7 Å². The average Bonchev–Trinajstić information content (AvgIpc) is 2.38. The van der Waals surface area contributed by atoms with E-state index in [1.807, 2.05) is 0 Å². The smallest absolute Gasteiger partial charge is 0.342 e. The third kappa shape index (κ3) is 3.16. The van der Waals surface area contributed by atoms with Crippen LogP contribution >= 0.6 is 0 Å². The number of nitrogens with one attached hydrogen (secondary N) is 1. The predicted octanol–water partition coefficient (Wildman–Crippen LogP) is 1.79. The summed E-state index contributed by atoms with van der Waals surface area (Å²) < 4.78 is 38.0. The first-order valence-electron chi connectivity index (χ1n) is 6.54. The highest BCUT2D eigenvalue weighted by molar-refractivity contribution is 5.79. The molecule has 104 valence electrons. The number of piperidine rings is 2. The van der Waals surface area contributed by atoms with Crippen LogP contribution in [-0.2, 0) is 4.79 Å². The highest BCUT2D eigenvalue weighted by Crippen LogP contribution is 2.33. The van der Waals surface area contributed by atoms with Crippen LogP contribution in [0.5, 0.6) is 0 Å². The lowest BCUT2D eigenvalue weighted by molar-refractivity contribution is -0.188. The second-order valence-electron chi connectivity index (χ2n) is 5.19. The van der Waals surface area contributed by atoms with Gasteiger partial charge in [-0.1, -0.05) is 0 Å². The Kier molecular flexibility index (Phi) is 4.14. The van der Waals surface area contributed by atoms with Crippen LogP contribution in [0.3, 0.4) is 0 Å². The summed E-state index contributed by atoms with van der Waals surface area (Å²) in [5.41, 5.74) is 0. The van der Waals surface area contributed by atoms with Crippen molar-refractivity contribution in [2.45, 2.75) is 31.9 Å². The zero-order valence-electron chi connectivity index (χ0n) is 10.3. The minimum atomic E-state index is -4.17. The van der Waals surface area contributed by atoms with Gasteiger partial charge in [0, 0.05) is 19.0 Å². The minimum Gasteiger partial charge on any atom is -0.342 e. The molecule has 0 aromatic rings. The van der Waals surface area contributed by atoms with Crippen molar-refractivity contribution < 1.29 is 18.0 Å². The number of alkyl halides is 3. The third-order valence-electron chi connectivity index (χ3n) is 3.88. The summed E-state index contributed by atoms with van der Waals surface area (Å²) in [7, 11) is 0. The van der Waals surface area contributed by atoms with Gasteiger partial charge in [-0.25, -0.2) is 0 Å². The van der Waals surface area contributed by atoms with Crippen molar-refractivity contribution in [2.24, 2.45) is 11.8 Å². The van der Waals surface area contributed by atoms with Crippen LogP contribution in [0.15, 0.2) is 0 Å². The number of hydrogen-bond donors (Lipinski definition) is 1. The van der Waals surface area contributed by atoms with Crippen molar-refractivity contribution in [1.29, 1.82) is 0 Å². The van der Waals surface area contributed by atoms with Gasteiger partial charge in [-0.3, -0.25) is 4.79 Å². The number of hydrogen-bond acceptors (Lipinski definition) is 2. The molecule has 2 aliphatic heterocycles. The molecule has 3 nitrogen and oxygen atoms in total. The maximum absolute atomic E-state index is 12.7. The first-order chi connectivity index (χ1) is 8.48. The maximum atomic E-state index is 12.7. The van der Waals surface area contributed by atoms with Crippen LogP contribution in [-0.4, -0.2) is 43.2 Å². The molecule has 0 saturated carbocycles. The molecule has 1 atom stereocenters. The molecule has 2 saturated heterocycles. The Morgan fingerprint density at radius 1 is 1.17 bits per heavy atom.